The minimum atomic E-state index is -0.202. The fraction of sp³-hybridized carbons (Fsp3) is 1.00. The SMILES string of the molecule is CCCCC(CC)CNCC(O)CN1CCCC1. The van der Waals surface area contributed by atoms with Crippen molar-refractivity contribution in [1.29, 1.82) is 0 Å². The number of hydrogen-bond donors (Lipinski definition) is 2. The number of likely N-dealkylation sites (tertiary alicyclic amines) is 1. The Morgan fingerprint density at radius 2 is 1.89 bits per heavy atom. The van der Waals surface area contributed by atoms with Crippen LogP contribution in [0.3, 0.4) is 0 Å². The first-order valence-corrected chi connectivity index (χ1v) is 7.87. The van der Waals surface area contributed by atoms with Gasteiger partial charge in [-0.3, -0.25) is 0 Å². The first-order chi connectivity index (χ1) is 8.76. The molecule has 1 heterocycles. The van der Waals surface area contributed by atoms with Gasteiger partial charge in [0.05, 0.1) is 6.10 Å². The molecule has 0 aromatic heterocycles. The van der Waals surface area contributed by atoms with E-state index in [0.29, 0.717) is 0 Å². The van der Waals surface area contributed by atoms with Crippen LogP contribution in [0, 0.1) is 5.92 Å². The third-order valence-corrected chi connectivity index (χ3v) is 4.02. The smallest absolute Gasteiger partial charge is 0.0791 e. The number of aliphatic hydroxyl groups is 1. The van der Waals surface area contributed by atoms with E-state index in [1.807, 2.05) is 0 Å². The lowest BCUT2D eigenvalue weighted by molar-refractivity contribution is 0.122. The highest BCUT2D eigenvalue weighted by Crippen LogP contribution is 2.11. The average Bonchev–Trinajstić information content (AvgIpc) is 2.86. The Bertz CT molecular complexity index is 193. The van der Waals surface area contributed by atoms with E-state index < -0.39 is 0 Å². The number of nitrogens with zero attached hydrogens (tertiary/aromatic N) is 1. The first-order valence-electron chi connectivity index (χ1n) is 7.87. The van der Waals surface area contributed by atoms with Crippen molar-refractivity contribution in [3.8, 4) is 0 Å². The highest BCUT2D eigenvalue weighted by molar-refractivity contribution is 4.72. The van der Waals surface area contributed by atoms with Crippen molar-refractivity contribution in [3.05, 3.63) is 0 Å². The van der Waals surface area contributed by atoms with Crippen LogP contribution in [0.2, 0.25) is 0 Å². The van der Waals surface area contributed by atoms with Gasteiger partial charge in [0.15, 0.2) is 0 Å². The zero-order valence-corrected chi connectivity index (χ0v) is 12.3. The van der Waals surface area contributed by atoms with Gasteiger partial charge in [0.2, 0.25) is 0 Å². The van der Waals surface area contributed by atoms with Crippen LogP contribution in [0.1, 0.15) is 52.4 Å². The third kappa shape index (κ3) is 6.72. The molecule has 0 radical (unpaired) electrons. The maximum Gasteiger partial charge on any atom is 0.0791 e. The summed E-state index contributed by atoms with van der Waals surface area (Å²) in [4.78, 5) is 2.38. The van der Waals surface area contributed by atoms with Crippen molar-refractivity contribution >= 4 is 0 Å². The van der Waals surface area contributed by atoms with Crippen molar-refractivity contribution < 1.29 is 5.11 Å². The van der Waals surface area contributed by atoms with E-state index in [9.17, 15) is 5.11 Å². The van der Waals surface area contributed by atoms with Gasteiger partial charge in [0.25, 0.3) is 0 Å². The van der Waals surface area contributed by atoms with E-state index in [-0.39, 0.29) is 6.10 Å². The number of hydrogen-bond acceptors (Lipinski definition) is 3. The van der Waals surface area contributed by atoms with Crippen molar-refractivity contribution in [1.82, 2.24) is 10.2 Å². The van der Waals surface area contributed by atoms with Gasteiger partial charge in [0, 0.05) is 13.1 Å². The summed E-state index contributed by atoms with van der Waals surface area (Å²) >= 11 is 0. The molecule has 108 valence electrons. The van der Waals surface area contributed by atoms with Gasteiger partial charge in [0.1, 0.15) is 0 Å². The van der Waals surface area contributed by atoms with Gasteiger partial charge in [-0.25, -0.2) is 0 Å². The molecule has 1 rings (SSSR count). The number of aliphatic hydroxyl groups excluding tert-OH is 1. The lowest BCUT2D eigenvalue weighted by atomic mass is 9.99. The molecule has 18 heavy (non-hydrogen) atoms. The Kier molecular flexibility index (Phi) is 8.64. The molecule has 1 aliphatic rings. The monoisotopic (exact) mass is 256 g/mol. The maximum atomic E-state index is 9.97. The fourth-order valence-corrected chi connectivity index (χ4v) is 2.73. The molecular formula is C15H32N2O. The molecule has 0 aliphatic carbocycles. The lowest BCUT2D eigenvalue weighted by Gasteiger charge is -2.21. The van der Waals surface area contributed by atoms with Crippen molar-refractivity contribution in [3.63, 3.8) is 0 Å². The van der Waals surface area contributed by atoms with Gasteiger partial charge in [-0.2, -0.15) is 0 Å². The topological polar surface area (TPSA) is 35.5 Å². The first kappa shape index (κ1) is 15.9. The summed E-state index contributed by atoms with van der Waals surface area (Å²) < 4.78 is 0. The van der Waals surface area contributed by atoms with Crippen LogP contribution in [0.15, 0.2) is 0 Å². The van der Waals surface area contributed by atoms with Crippen molar-refractivity contribution in [2.75, 3.05) is 32.7 Å². The van der Waals surface area contributed by atoms with E-state index in [0.717, 1.165) is 25.6 Å². The molecule has 2 unspecified atom stereocenters. The molecule has 1 fully saturated rings. The molecule has 0 saturated carbocycles. The zero-order valence-electron chi connectivity index (χ0n) is 12.3. The second-order valence-corrected chi connectivity index (χ2v) is 5.74. The minimum Gasteiger partial charge on any atom is -0.390 e. The normalized spacial score (nSPS) is 20.2. The van der Waals surface area contributed by atoms with E-state index in [1.54, 1.807) is 0 Å². The van der Waals surface area contributed by atoms with Crippen LogP contribution in [0.25, 0.3) is 0 Å². The molecule has 0 spiro atoms. The van der Waals surface area contributed by atoms with Crippen molar-refractivity contribution in [2.45, 2.75) is 58.5 Å². The molecule has 3 nitrogen and oxygen atoms in total. The predicted octanol–water partition coefficient (Wildman–Crippen LogP) is 2.25. The fourth-order valence-electron chi connectivity index (χ4n) is 2.73. The summed E-state index contributed by atoms with van der Waals surface area (Å²) in [6.45, 7) is 9.52. The minimum absolute atomic E-state index is 0.202. The Labute approximate surface area is 113 Å². The number of unbranched alkanes of at least 4 members (excludes halogenated alkanes) is 1. The summed E-state index contributed by atoms with van der Waals surface area (Å²) in [5.74, 6) is 0.781. The molecule has 0 aromatic rings. The lowest BCUT2D eigenvalue weighted by Crippen LogP contribution is -2.38. The average molecular weight is 256 g/mol. The van der Waals surface area contributed by atoms with E-state index in [4.69, 9.17) is 0 Å². The van der Waals surface area contributed by atoms with Gasteiger partial charge in [-0.05, 0) is 44.8 Å². The standard InChI is InChI=1S/C15H32N2O/c1-3-5-8-14(4-2)11-16-12-15(18)13-17-9-6-7-10-17/h14-16,18H,3-13H2,1-2H3. The quantitative estimate of drug-likeness (QED) is 0.629. The van der Waals surface area contributed by atoms with Gasteiger partial charge >= 0.3 is 0 Å². The summed E-state index contributed by atoms with van der Waals surface area (Å²) in [7, 11) is 0. The van der Waals surface area contributed by atoms with Gasteiger partial charge < -0.3 is 15.3 Å². The van der Waals surface area contributed by atoms with Crippen LogP contribution < -0.4 is 5.32 Å². The maximum absolute atomic E-state index is 9.97. The molecule has 2 N–H and O–H groups in total. The second kappa shape index (κ2) is 9.76. The Hall–Kier alpha value is -0.120. The second-order valence-electron chi connectivity index (χ2n) is 5.74. The Balaban J connectivity index is 2.03. The van der Waals surface area contributed by atoms with Gasteiger partial charge in [-0.1, -0.05) is 33.1 Å². The molecule has 2 atom stereocenters. The summed E-state index contributed by atoms with van der Waals surface area (Å²) in [5, 5.41) is 13.4. The number of β-amino-alcohol motifs (C(OH)–C–C–N with tert-alkyl or cyclic N) is 1. The third-order valence-electron chi connectivity index (χ3n) is 4.02. The molecule has 1 saturated heterocycles. The summed E-state index contributed by atoms with van der Waals surface area (Å²) in [6, 6.07) is 0. The summed E-state index contributed by atoms with van der Waals surface area (Å²) in [5.41, 5.74) is 0. The molecule has 1 aliphatic heterocycles. The van der Waals surface area contributed by atoms with Crippen LogP contribution >= 0.6 is 0 Å². The van der Waals surface area contributed by atoms with E-state index >= 15 is 0 Å². The van der Waals surface area contributed by atoms with Crippen LogP contribution in [0.5, 0.6) is 0 Å². The zero-order chi connectivity index (χ0) is 13.2. The van der Waals surface area contributed by atoms with Crippen molar-refractivity contribution in [2.24, 2.45) is 5.92 Å². The van der Waals surface area contributed by atoms with Gasteiger partial charge in [-0.15, -0.1) is 0 Å². The Morgan fingerprint density at radius 1 is 1.17 bits per heavy atom. The van der Waals surface area contributed by atoms with Crippen LogP contribution in [-0.2, 0) is 0 Å². The number of nitrogens with one attached hydrogen (secondary N) is 1. The number of rotatable bonds is 10. The highest BCUT2D eigenvalue weighted by Gasteiger charge is 2.15. The molecule has 3 heteroatoms. The van der Waals surface area contributed by atoms with E-state index in [2.05, 4.69) is 24.1 Å². The van der Waals surface area contributed by atoms with Crippen LogP contribution in [-0.4, -0.2) is 48.8 Å². The molecule has 0 bridgehead atoms. The summed E-state index contributed by atoms with van der Waals surface area (Å²) in [6.07, 6.45) is 7.58. The highest BCUT2D eigenvalue weighted by atomic mass is 16.3. The van der Waals surface area contributed by atoms with E-state index in [1.165, 1.54) is 51.6 Å². The van der Waals surface area contributed by atoms with Crippen LogP contribution in [0.4, 0.5) is 0 Å². The molecular weight excluding hydrogens is 224 g/mol. The Morgan fingerprint density at radius 3 is 2.50 bits per heavy atom. The molecule has 0 aromatic carbocycles. The predicted molar refractivity (Wildman–Crippen MR) is 77.9 cm³/mol. The largest absolute Gasteiger partial charge is 0.390 e. The molecule has 0 amide bonds.